The largest absolute Gasteiger partial charge is 0.481 e. The van der Waals surface area contributed by atoms with E-state index in [1.165, 1.54) is 0 Å². The van der Waals surface area contributed by atoms with Gasteiger partial charge in [-0.15, -0.1) is 0 Å². The summed E-state index contributed by atoms with van der Waals surface area (Å²) >= 11 is 0. The third-order valence-corrected chi connectivity index (χ3v) is 3.40. The second-order valence-electron chi connectivity index (χ2n) is 4.99. The van der Waals surface area contributed by atoms with Crippen molar-refractivity contribution in [3.63, 3.8) is 0 Å². The molecule has 3 aromatic rings. The van der Waals surface area contributed by atoms with E-state index in [4.69, 9.17) is 9.63 Å². The average molecular weight is 282 g/mol. The molecule has 0 unspecified atom stereocenters. The van der Waals surface area contributed by atoms with Gasteiger partial charge in [0.25, 0.3) is 0 Å². The molecule has 5 nitrogen and oxygen atoms in total. The van der Waals surface area contributed by atoms with Gasteiger partial charge in [-0.2, -0.15) is 0 Å². The van der Waals surface area contributed by atoms with Gasteiger partial charge in [-0.25, -0.2) is 4.98 Å². The molecule has 2 aromatic heterocycles. The molecule has 3 rings (SSSR count). The van der Waals surface area contributed by atoms with Gasteiger partial charge in [0.15, 0.2) is 0 Å². The fraction of sp³-hybridized carbons (Fsp3) is 0.188. The van der Waals surface area contributed by atoms with Gasteiger partial charge in [-0.05, 0) is 37.6 Å². The fourth-order valence-electron chi connectivity index (χ4n) is 2.45. The monoisotopic (exact) mass is 282 g/mol. The fourth-order valence-corrected chi connectivity index (χ4v) is 2.45. The van der Waals surface area contributed by atoms with Crippen LogP contribution in [0.3, 0.4) is 0 Å². The van der Waals surface area contributed by atoms with Gasteiger partial charge in [0, 0.05) is 5.39 Å². The first-order valence-electron chi connectivity index (χ1n) is 6.59. The molecule has 0 atom stereocenters. The number of carboxylic acid groups (broad SMARTS) is 1. The molecule has 0 aliphatic rings. The summed E-state index contributed by atoms with van der Waals surface area (Å²) in [6.45, 7) is 3.74. The summed E-state index contributed by atoms with van der Waals surface area (Å²) in [5.74, 6) is -0.100. The van der Waals surface area contributed by atoms with Crippen LogP contribution in [-0.2, 0) is 11.2 Å². The van der Waals surface area contributed by atoms with Crippen molar-refractivity contribution in [2.45, 2.75) is 20.3 Å². The summed E-state index contributed by atoms with van der Waals surface area (Å²) in [7, 11) is 0. The highest BCUT2D eigenvalue weighted by atomic mass is 16.5. The first-order chi connectivity index (χ1) is 10.0. The number of rotatable bonds is 3. The number of aromatic nitrogens is 2. The normalized spacial score (nSPS) is 11.0. The van der Waals surface area contributed by atoms with Crippen molar-refractivity contribution in [1.82, 2.24) is 10.1 Å². The SMILES string of the molecule is Cc1noc(C)c1-c1ccc2cc(CC(=O)O)ccc2n1. The first-order valence-corrected chi connectivity index (χ1v) is 6.59. The van der Waals surface area contributed by atoms with E-state index in [0.29, 0.717) is 0 Å². The quantitative estimate of drug-likeness (QED) is 0.798. The van der Waals surface area contributed by atoms with Gasteiger partial charge >= 0.3 is 5.97 Å². The molecule has 1 N–H and O–H groups in total. The number of fused-ring (bicyclic) bond motifs is 1. The third kappa shape index (κ3) is 2.50. The van der Waals surface area contributed by atoms with Crippen LogP contribution < -0.4 is 0 Å². The standard InChI is InChI=1S/C16H14N2O3/c1-9-16(10(2)21-18-9)14-6-4-12-7-11(8-15(19)20)3-5-13(12)17-14/h3-7H,8H2,1-2H3,(H,19,20). The van der Waals surface area contributed by atoms with Crippen molar-refractivity contribution in [2.75, 3.05) is 0 Å². The Bertz CT molecular complexity index is 817. The third-order valence-electron chi connectivity index (χ3n) is 3.40. The van der Waals surface area contributed by atoms with Gasteiger partial charge in [-0.3, -0.25) is 4.79 Å². The molecule has 106 valence electrons. The van der Waals surface area contributed by atoms with E-state index in [1.54, 1.807) is 6.07 Å². The minimum atomic E-state index is -0.838. The molecule has 0 saturated carbocycles. The molecule has 21 heavy (non-hydrogen) atoms. The zero-order chi connectivity index (χ0) is 15.0. The molecule has 0 spiro atoms. The van der Waals surface area contributed by atoms with Crippen molar-refractivity contribution in [1.29, 1.82) is 0 Å². The number of nitrogens with zero attached hydrogens (tertiary/aromatic N) is 2. The Morgan fingerprint density at radius 3 is 2.71 bits per heavy atom. The second kappa shape index (κ2) is 5.01. The topological polar surface area (TPSA) is 76.2 Å². The van der Waals surface area contributed by atoms with Gasteiger partial charge in [0.1, 0.15) is 5.76 Å². The van der Waals surface area contributed by atoms with Crippen LogP contribution >= 0.6 is 0 Å². The number of hydrogen-bond donors (Lipinski definition) is 1. The summed E-state index contributed by atoms with van der Waals surface area (Å²) in [6, 6.07) is 9.33. The Hall–Kier alpha value is -2.69. The van der Waals surface area contributed by atoms with E-state index in [-0.39, 0.29) is 6.42 Å². The summed E-state index contributed by atoms with van der Waals surface area (Å²) in [5, 5.41) is 13.7. The van der Waals surface area contributed by atoms with E-state index in [0.717, 1.165) is 39.2 Å². The summed E-state index contributed by atoms with van der Waals surface area (Å²) in [6.07, 6.45) is 0.0154. The number of aliphatic carboxylic acids is 1. The lowest BCUT2D eigenvalue weighted by atomic mass is 10.1. The Kier molecular flexibility index (Phi) is 3.17. The van der Waals surface area contributed by atoms with Crippen molar-refractivity contribution >= 4 is 16.9 Å². The maximum Gasteiger partial charge on any atom is 0.307 e. The molecule has 0 aliphatic heterocycles. The Balaban J connectivity index is 2.07. The van der Waals surface area contributed by atoms with E-state index in [2.05, 4.69) is 10.1 Å². The average Bonchev–Trinajstić information content (AvgIpc) is 2.77. The van der Waals surface area contributed by atoms with Crippen molar-refractivity contribution in [3.05, 3.63) is 47.3 Å². The molecule has 0 amide bonds. The van der Waals surface area contributed by atoms with Crippen LogP contribution in [0.25, 0.3) is 22.2 Å². The molecule has 0 radical (unpaired) electrons. The Labute approximate surface area is 121 Å². The molecular formula is C16H14N2O3. The highest BCUT2D eigenvalue weighted by Crippen LogP contribution is 2.27. The van der Waals surface area contributed by atoms with Gasteiger partial charge in [0.05, 0.1) is 28.9 Å². The maximum atomic E-state index is 10.8. The van der Waals surface area contributed by atoms with Crippen molar-refractivity contribution < 1.29 is 14.4 Å². The van der Waals surface area contributed by atoms with E-state index in [1.807, 2.05) is 38.1 Å². The molecule has 0 aliphatic carbocycles. The highest BCUT2D eigenvalue weighted by Gasteiger charge is 2.13. The van der Waals surface area contributed by atoms with Crippen LogP contribution in [0, 0.1) is 13.8 Å². The highest BCUT2D eigenvalue weighted by molar-refractivity contribution is 5.83. The Morgan fingerprint density at radius 2 is 2.05 bits per heavy atom. The first kappa shape index (κ1) is 13.3. The zero-order valence-corrected chi connectivity index (χ0v) is 11.8. The van der Waals surface area contributed by atoms with Crippen LogP contribution in [0.4, 0.5) is 0 Å². The van der Waals surface area contributed by atoms with Crippen molar-refractivity contribution in [2.24, 2.45) is 0 Å². The summed E-state index contributed by atoms with van der Waals surface area (Å²) in [5.41, 5.74) is 4.11. The minimum Gasteiger partial charge on any atom is -0.481 e. The maximum absolute atomic E-state index is 10.8. The molecule has 2 heterocycles. The Morgan fingerprint density at radius 1 is 1.24 bits per heavy atom. The minimum absolute atomic E-state index is 0.0154. The number of pyridine rings is 1. The van der Waals surface area contributed by atoms with Crippen LogP contribution in [0.15, 0.2) is 34.9 Å². The molecule has 1 aromatic carbocycles. The number of aryl methyl sites for hydroxylation is 2. The zero-order valence-electron chi connectivity index (χ0n) is 11.8. The van der Waals surface area contributed by atoms with E-state index >= 15 is 0 Å². The number of hydrogen-bond acceptors (Lipinski definition) is 4. The lowest BCUT2D eigenvalue weighted by molar-refractivity contribution is -0.136. The van der Waals surface area contributed by atoms with Crippen LogP contribution in [0.5, 0.6) is 0 Å². The molecule has 0 saturated heterocycles. The van der Waals surface area contributed by atoms with Crippen LogP contribution in [-0.4, -0.2) is 21.2 Å². The van der Waals surface area contributed by atoms with Gasteiger partial charge in [-0.1, -0.05) is 17.3 Å². The lowest BCUT2D eigenvalue weighted by Gasteiger charge is -2.04. The smallest absolute Gasteiger partial charge is 0.307 e. The van der Waals surface area contributed by atoms with Gasteiger partial charge < -0.3 is 9.63 Å². The van der Waals surface area contributed by atoms with E-state index < -0.39 is 5.97 Å². The molecule has 0 bridgehead atoms. The predicted octanol–water partition coefficient (Wildman–Crippen LogP) is 3.13. The summed E-state index contributed by atoms with van der Waals surface area (Å²) < 4.78 is 5.17. The van der Waals surface area contributed by atoms with E-state index in [9.17, 15) is 4.79 Å². The van der Waals surface area contributed by atoms with Gasteiger partial charge in [0.2, 0.25) is 0 Å². The number of carboxylic acids is 1. The number of benzene rings is 1. The second-order valence-corrected chi connectivity index (χ2v) is 4.99. The molecule has 5 heteroatoms. The van der Waals surface area contributed by atoms with Crippen LogP contribution in [0.1, 0.15) is 17.0 Å². The molecule has 0 fully saturated rings. The molecular weight excluding hydrogens is 268 g/mol. The summed E-state index contributed by atoms with van der Waals surface area (Å²) in [4.78, 5) is 15.4. The number of carbonyl (C=O) groups is 1. The lowest BCUT2D eigenvalue weighted by Crippen LogP contribution is -1.99. The van der Waals surface area contributed by atoms with Crippen LogP contribution in [0.2, 0.25) is 0 Å². The van der Waals surface area contributed by atoms with Crippen molar-refractivity contribution in [3.8, 4) is 11.3 Å². The predicted molar refractivity (Wildman–Crippen MR) is 78.1 cm³/mol.